The molecule has 0 radical (unpaired) electrons. The minimum Gasteiger partial charge on any atom is -0.337 e. The summed E-state index contributed by atoms with van der Waals surface area (Å²) in [7, 11) is 0. The number of hydrogen-bond donors (Lipinski definition) is 2. The maximum Gasteiger partial charge on any atom is 0.245 e. The van der Waals surface area contributed by atoms with Crippen LogP contribution in [0.15, 0.2) is 6.20 Å². The van der Waals surface area contributed by atoms with Crippen LogP contribution in [0.3, 0.4) is 0 Å². The third kappa shape index (κ3) is 2.16. The third-order valence-corrected chi connectivity index (χ3v) is 3.65. The first-order valence-electron chi connectivity index (χ1n) is 5.64. The molecule has 2 aromatic heterocycles. The van der Waals surface area contributed by atoms with Gasteiger partial charge in [0.1, 0.15) is 0 Å². The number of aromatic amines is 1. The zero-order chi connectivity index (χ0) is 11.7. The molecule has 2 N–H and O–H groups in total. The second-order valence-corrected chi connectivity index (χ2v) is 5.20. The van der Waals surface area contributed by atoms with Gasteiger partial charge in [0.05, 0.1) is 9.88 Å². The summed E-state index contributed by atoms with van der Waals surface area (Å²) in [6.45, 7) is 5.88. The first kappa shape index (κ1) is 10.7. The lowest BCUT2D eigenvalue weighted by atomic mass is 10.4. The van der Waals surface area contributed by atoms with Crippen LogP contribution >= 0.6 is 11.3 Å². The van der Waals surface area contributed by atoms with E-state index in [1.165, 1.54) is 0 Å². The molecule has 1 fully saturated rings. The van der Waals surface area contributed by atoms with Gasteiger partial charge in [0, 0.05) is 32.4 Å². The van der Waals surface area contributed by atoms with Gasteiger partial charge in [-0.15, -0.1) is 16.4 Å². The lowest BCUT2D eigenvalue weighted by Gasteiger charge is -2.25. The van der Waals surface area contributed by atoms with Crippen LogP contribution in [-0.2, 0) is 0 Å². The average molecular weight is 250 g/mol. The molecule has 0 spiro atoms. The zero-order valence-corrected chi connectivity index (χ0v) is 10.4. The topological polar surface area (TPSA) is 69.7 Å². The van der Waals surface area contributed by atoms with E-state index < -0.39 is 0 Å². The van der Waals surface area contributed by atoms with Crippen molar-refractivity contribution in [3.05, 3.63) is 11.2 Å². The van der Waals surface area contributed by atoms with Crippen LogP contribution in [0.25, 0.3) is 10.7 Å². The van der Waals surface area contributed by atoms with E-state index in [9.17, 15) is 0 Å². The Morgan fingerprint density at radius 2 is 2.18 bits per heavy atom. The minimum absolute atomic E-state index is 0.785. The lowest BCUT2D eigenvalue weighted by Crippen LogP contribution is -2.44. The van der Waals surface area contributed by atoms with Crippen molar-refractivity contribution < 1.29 is 0 Å². The Bertz CT molecular complexity index is 498. The second kappa shape index (κ2) is 4.42. The summed E-state index contributed by atoms with van der Waals surface area (Å²) in [5, 5.41) is 11.6. The Balaban J connectivity index is 1.82. The lowest BCUT2D eigenvalue weighted by molar-refractivity contribution is 0.580. The highest BCUT2D eigenvalue weighted by Gasteiger charge is 2.16. The van der Waals surface area contributed by atoms with Gasteiger partial charge in [-0.25, -0.2) is 4.98 Å². The molecule has 0 amide bonds. The molecular formula is C10H14N6S. The Labute approximate surface area is 103 Å². The van der Waals surface area contributed by atoms with Crippen LogP contribution in [0.4, 0.5) is 5.95 Å². The van der Waals surface area contributed by atoms with Crippen LogP contribution in [0, 0.1) is 6.92 Å². The number of aromatic nitrogens is 4. The predicted molar refractivity (Wildman–Crippen MR) is 67.3 cm³/mol. The fraction of sp³-hybridized carbons (Fsp3) is 0.500. The number of piperazine rings is 1. The van der Waals surface area contributed by atoms with Crippen LogP contribution in [0.2, 0.25) is 0 Å². The normalized spacial score (nSPS) is 16.4. The number of aryl methyl sites for hydroxylation is 1. The van der Waals surface area contributed by atoms with Crippen molar-refractivity contribution in [2.24, 2.45) is 0 Å². The molecule has 1 aliphatic heterocycles. The van der Waals surface area contributed by atoms with Crippen LogP contribution in [-0.4, -0.2) is 46.3 Å². The number of thiazole rings is 1. The van der Waals surface area contributed by atoms with Crippen molar-refractivity contribution in [3.8, 4) is 10.7 Å². The average Bonchev–Trinajstić information content (AvgIpc) is 2.98. The predicted octanol–water partition coefficient (Wildman–Crippen LogP) is 0.646. The molecule has 90 valence electrons. The van der Waals surface area contributed by atoms with Crippen molar-refractivity contribution in [1.29, 1.82) is 0 Å². The van der Waals surface area contributed by atoms with Crippen LogP contribution in [0.1, 0.15) is 5.01 Å². The molecular weight excluding hydrogens is 236 g/mol. The first-order valence-corrected chi connectivity index (χ1v) is 6.45. The Hall–Kier alpha value is -1.47. The maximum absolute atomic E-state index is 4.52. The summed E-state index contributed by atoms with van der Waals surface area (Å²) in [5.74, 6) is 1.59. The summed E-state index contributed by atoms with van der Waals surface area (Å²) in [6, 6.07) is 0. The van der Waals surface area contributed by atoms with Gasteiger partial charge in [-0.2, -0.15) is 4.98 Å². The number of hydrogen-bond acceptors (Lipinski definition) is 6. The maximum atomic E-state index is 4.52. The van der Waals surface area contributed by atoms with E-state index in [4.69, 9.17) is 0 Å². The summed E-state index contributed by atoms with van der Waals surface area (Å²) in [4.78, 5) is 12.0. The van der Waals surface area contributed by atoms with E-state index in [-0.39, 0.29) is 0 Å². The van der Waals surface area contributed by atoms with Gasteiger partial charge in [0.15, 0.2) is 5.82 Å². The SMILES string of the molecule is Cc1ncc(-c2nc(N3CCNCC3)n[nH]2)s1. The highest BCUT2D eigenvalue weighted by molar-refractivity contribution is 7.14. The summed E-state index contributed by atoms with van der Waals surface area (Å²) in [6.07, 6.45) is 1.84. The number of anilines is 1. The van der Waals surface area contributed by atoms with Gasteiger partial charge >= 0.3 is 0 Å². The van der Waals surface area contributed by atoms with E-state index >= 15 is 0 Å². The molecule has 7 heteroatoms. The van der Waals surface area contributed by atoms with Crippen LogP contribution < -0.4 is 10.2 Å². The summed E-state index contributed by atoms with van der Waals surface area (Å²) < 4.78 is 0. The van der Waals surface area contributed by atoms with E-state index in [0.717, 1.165) is 47.8 Å². The van der Waals surface area contributed by atoms with Crippen molar-refractivity contribution in [3.63, 3.8) is 0 Å². The van der Waals surface area contributed by atoms with Crippen LogP contribution in [0.5, 0.6) is 0 Å². The minimum atomic E-state index is 0.785. The molecule has 17 heavy (non-hydrogen) atoms. The number of rotatable bonds is 2. The summed E-state index contributed by atoms with van der Waals surface area (Å²) in [5.41, 5.74) is 0. The standard InChI is InChI=1S/C10H14N6S/c1-7-12-6-8(17-7)9-13-10(15-14-9)16-4-2-11-3-5-16/h6,11H,2-5H2,1H3,(H,13,14,15). The molecule has 0 atom stereocenters. The Morgan fingerprint density at radius 3 is 2.88 bits per heavy atom. The Morgan fingerprint density at radius 1 is 1.35 bits per heavy atom. The molecule has 0 saturated carbocycles. The number of nitrogens with one attached hydrogen (secondary N) is 2. The third-order valence-electron chi connectivity index (χ3n) is 2.73. The van der Waals surface area contributed by atoms with Gasteiger partial charge in [0.25, 0.3) is 0 Å². The van der Waals surface area contributed by atoms with Crippen molar-refractivity contribution in [2.45, 2.75) is 6.92 Å². The molecule has 3 heterocycles. The largest absolute Gasteiger partial charge is 0.337 e. The molecule has 6 nitrogen and oxygen atoms in total. The highest BCUT2D eigenvalue weighted by atomic mass is 32.1. The second-order valence-electron chi connectivity index (χ2n) is 3.96. The van der Waals surface area contributed by atoms with Crippen molar-refractivity contribution in [2.75, 3.05) is 31.1 Å². The summed E-state index contributed by atoms with van der Waals surface area (Å²) >= 11 is 1.63. The molecule has 0 unspecified atom stereocenters. The Kier molecular flexibility index (Phi) is 2.77. The monoisotopic (exact) mass is 250 g/mol. The molecule has 0 aliphatic carbocycles. The fourth-order valence-corrected chi connectivity index (χ4v) is 2.56. The van der Waals surface area contributed by atoms with E-state index in [1.54, 1.807) is 11.3 Å². The van der Waals surface area contributed by atoms with E-state index in [1.807, 2.05) is 13.1 Å². The zero-order valence-electron chi connectivity index (χ0n) is 9.60. The number of nitrogens with zero attached hydrogens (tertiary/aromatic N) is 4. The van der Waals surface area contributed by atoms with Gasteiger partial charge in [-0.3, -0.25) is 5.10 Å². The van der Waals surface area contributed by atoms with Gasteiger partial charge in [0.2, 0.25) is 5.95 Å². The van der Waals surface area contributed by atoms with Gasteiger partial charge in [-0.1, -0.05) is 0 Å². The molecule has 1 aliphatic rings. The first-order chi connectivity index (χ1) is 8.33. The van der Waals surface area contributed by atoms with Crippen molar-refractivity contribution in [1.82, 2.24) is 25.5 Å². The highest BCUT2D eigenvalue weighted by Crippen LogP contribution is 2.23. The van der Waals surface area contributed by atoms with Gasteiger partial charge in [-0.05, 0) is 6.92 Å². The molecule has 2 aromatic rings. The van der Waals surface area contributed by atoms with Crippen molar-refractivity contribution >= 4 is 17.3 Å². The fourth-order valence-electron chi connectivity index (χ4n) is 1.84. The van der Waals surface area contributed by atoms with Gasteiger partial charge < -0.3 is 10.2 Å². The smallest absolute Gasteiger partial charge is 0.245 e. The van der Waals surface area contributed by atoms with E-state index in [2.05, 4.69) is 30.4 Å². The molecule has 0 aromatic carbocycles. The molecule has 1 saturated heterocycles. The molecule has 0 bridgehead atoms. The quantitative estimate of drug-likeness (QED) is 0.819. The number of H-pyrrole nitrogens is 1. The molecule has 3 rings (SSSR count). The van der Waals surface area contributed by atoms with E-state index in [0.29, 0.717) is 0 Å².